The zero-order valence-electron chi connectivity index (χ0n) is 16.8. The van der Waals surface area contributed by atoms with Gasteiger partial charge in [0.25, 0.3) is 0 Å². The van der Waals surface area contributed by atoms with Gasteiger partial charge in [0, 0.05) is 42.1 Å². The largest absolute Gasteiger partial charge is 0.492 e. The number of hydrogen-bond donors (Lipinski definition) is 2. The molecular weight excluding hydrogens is 364 g/mol. The number of fused-ring (bicyclic) bond motifs is 1. The first-order chi connectivity index (χ1) is 14.1. The van der Waals surface area contributed by atoms with E-state index in [1.807, 2.05) is 50.4 Å². The van der Waals surface area contributed by atoms with E-state index in [2.05, 4.69) is 15.3 Å². The standard InChI is InChI=1S/C23H26N4O2/c1-3-5-21(24)25-10-8-16(2)20-14-27-23(19-9-11-29-22(19)20)26-13-17-6-4-7-18(12-17)15-28/h4-8,10,12,14-15H,3,9,11,13,24H2,1-2H3,(H,26,27)/b16-8+,21-5+,25-10-. The lowest BCUT2D eigenvalue weighted by atomic mass is 10.0. The number of pyridine rings is 1. The summed E-state index contributed by atoms with van der Waals surface area (Å²) in [5, 5.41) is 3.37. The molecule has 0 bridgehead atoms. The average Bonchev–Trinajstić information content (AvgIpc) is 3.22. The maximum atomic E-state index is 11.0. The lowest BCUT2D eigenvalue weighted by Gasteiger charge is -2.13. The molecule has 6 heteroatoms. The Bertz CT molecular complexity index is 977. The highest BCUT2D eigenvalue weighted by Gasteiger charge is 2.22. The number of carbonyl (C=O) groups is 1. The molecule has 1 aromatic heterocycles. The number of carbonyl (C=O) groups excluding carboxylic acids is 1. The van der Waals surface area contributed by atoms with E-state index >= 15 is 0 Å². The van der Waals surface area contributed by atoms with Crippen molar-refractivity contribution in [2.75, 3.05) is 11.9 Å². The Balaban J connectivity index is 1.78. The molecule has 1 aliphatic heterocycles. The fourth-order valence-electron chi connectivity index (χ4n) is 3.17. The van der Waals surface area contributed by atoms with Crippen molar-refractivity contribution in [2.45, 2.75) is 33.2 Å². The molecule has 0 saturated heterocycles. The van der Waals surface area contributed by atoms with Crippen LogP contribution in [-0.4, -0.2) is 24.1 Å². The van der Waals surface area contributed by atoms with Gasteiger partial charge >= 0.3 is 0 Å². The Morgan fingerprint density at radius 2 is 2.28 bits per heavy atom. The van der Waals surface area contributed by atoms with Crippen LogP contribution in [0.25, 0.3) is 5.57 Å². The van der Waals surface area contributed by atoms with E-state index < -0.39 is 0 Å². The minimum atomic E-state index is 0.509. The summed E-state index contributed by atoms with van der Waals surface area (Å²) in [5.41, 5.74) is 10.5. The molecule has 0 spiro atoms. The zero-order valence-corrected chi connectivity index (χ0v) is 16.8. The van der Waals surface area contributed by atoms with Crippen LogP contribution in [0.1, 0.15) is 47.3 Å². The number of benzene rings is 1. The monoisotopic (exact) mass is 390 g/mol. The summed E-state index contributed by atoms with van der Waals surface area (Å²) >= 11 is 0. The Hall–Kier alpha value is -3.41. The summed E-state index contributed by atoms with van der Waals surface area (Å²) in [6.07, 6.45) is 9.81. The number of nitrogens with two attached hydrogens (primary N) is 1. The number of allylic oxidation sites excluding steroid dienone is 3. The summed E-state index contributed by atoms with van der Waals surface area (Å²) in [5.74, 6) is 2.19. The number of nitrogens with zero attached hydrogens (tertiary/aromatic N) is 2. The van der Waals surface area contributed by atoms with Gasteiger partial charge in [-0.05, 0) is 42.7 Å². The fourth-order valence-corrected chi connectivity index (χ4v) is 3.17. The molecule has 2 heterocycles. The molecule has 1 aliphatic rings. The lowest BCUT2D eigenvalue weighted by molar-refractivity contribution is 0.112. The van der Waals surface area contributed by atoms with Gasteiger partial charge in [-0.1, -0.05) is 25.1 Å². The van der Waals surface area contributed by atoms with Gasteiger partial charge in [0.05, 0.1) is 6.61 Å². The second-order valence-electron chi connectivity index (χ2n) is 6.81. The number of aliphatic imine (C=N–C) groups is 1. The molecule has 0 saturated carbocycles. The molecule has 0 amide bonds. The molecule has 0 radical (unpaired) electrons. The second-order valence-corrected chi connectivity index (χ2v) is 6.81. The van der Waals surface area contributed by atoms with Crippen LogP contribution in [0.15, 0.2) is 53.4 Å². The first-order valence-electron chi connectivity index (χ1n) is 9.72. The number of anilines is 1. The van der Waals surface area contributed by atoms with Gasteiger partial charge in [0.15, 0.2) is 0 Å². The molecule has 0 aliphatic carbocycles. The lowest BCUT2D eigenvalue weighted by Crippen LogP contribution is -2.05. The maximum absolute atomic E-state index is 11.0. The molecule has 2 aromatic rings. The smallest absolute Gasteiger partial charge is 0.150 e. The van der Waals surface area contributed by atoms with Crippen molar-refractivity contribution in [3.8, 4) is 5.75 Å². The summed E-state index contributed by atoms with van der Waals surface area (Å²) in [6, 6.07) is 7.52. The van der Waals surface area contributed by atoms with Gasteiger partial charge in [-0.15, -0.1) is 0 Å². The zero-order chi connectivity index (χ0) is 20.6. The van der Waals surface area contributed by atoms with E-state index in [0.29, 0.717) is 24.5 Å². The van der Waals surface area contributed by atoms with Crippen LogP contribution in [0.4, 0.5) is 5.82 Å². The van der Waals surface area contributed by atoms with E-state index in [0.717, 1.165) is 53.0 Å². The van der Waals surface area contributed by atoms with Crippen molar-refractivity contribution >= 4 is 23.9 Å². The molecule has 6 nitrogen and oxygen atoms in total. The maximum Gasteiger partial charge on any atom is 0.150 e. The molecule has 29 heavy (non-hydrogen) atoms. The van der Waals surface area contributed by atoms with Crippen molar-refractivity contribution in [3.63, 3.8) is 0 Å². The highest BCUT2D eigenvalue weighted by Crippen LogP contribution is 2.37. The Kier molecular flexibility index (Phi) is 6.79. The highest BCUT2D eigenvalue weighted by molar-refractivity contribution is 5.86. The van der Waals surface area contributed by atoms with Crippen LogP contribution in [0.5, 0.6) is 5.75 Å². The SMILES string of the molecule is CC/C=C(N)/N=C\C=C(/C)c1cnc(NCc2cccc(C=O)c2)c2c1OCC2. The van der Waals surface area contributed by atoms with Crippen molar-refractivity contribution in [3.05, 3.63) is 70.7 Å². The van der Waals surface area contributed by atoms with E-state index in [1.165, 1.54) is 0 Å². The number of nitrogens with one attached hydrogen (secondary N) is 1. The molecule has 3 rings (SSSR count). The number of ether oxygens (including phenoxy) is 1. The molecule has 0 atom stereocenters. The van der Waals surface area contributed by atoms with E-state index in [4.69, 9.17) is 10.5 Å². The predicted octanol–water partition coefficient (Wildman–Crippen LogP) is 4.13. The van der Waals surface area contributed by atoms with Crippen LogP contribution < -0.4 is 15.8 Å². The molecule has 1 aromatic carbocycles. The Morgan fingerprint density at radius 1 is 1.41 bits per heavy atom. The van der Waals surface area contributed by atoms with Crippen LogP contribution in [0, 0.1) is 0 Å². The minimum Gasteiger partial charge on any atom is -0.492 e. The third kappa shape index (κ3) is 5.10. The van der Waals surface area contributed by atoms with Crippen LogP contribution in [-0.2, 0) is 13.0 Å². The average molecular weight is 390 g/mol. The quantitative estimate of drug-likeness (QED) is 0.523. The summed E-state index contributed by atoms with van der Waals surface area (Å²) in [7, 11) is 0. The van der Waals surface area contributed by atoms with Crippen molar-refractivity contribution in [2.24, 2.45) is 10.7 Å². The topological polar surface area (TPSA) is 89.6 Å². The Labute approximate surface area is 171 Å². The van der Waals surface area contributed by atoms with Gasteiger partial charge in [-0.25, -0.2) is 9.98 Å². The normalized spacial score (nSPS) is 14.0. The van der Waals surface area contributed by atoms with E-state index in [9.17, 15) is 4.79 Å². The summed E-state index contributed by atoms with van der Waals surface area (Å²) < 4.78 is 5.90. The number of aldehydes is 1. The minimum absolute atomic E-state index is 0.509. The Morgan fingerprint density at radius 3 is 3.07 bits per heavy atom. The van der Waals surface area contributed by atoms with Gasteiger partial charge in [-0.3, -0.25) is 4.79 Å². The van der Waals surface area contributed by atoms with Gasteiger partial charge in [-0.2, -0.15) is 0 Å². The molecule has 150 valence electrons. The first kappa shape index (κ1) is 20.3. The van der Waals surface area contributed by atoms with Crippen molar-refractivity contribution in [1.82, 2.24) is 4.98 Å². The van der Waals surface area contributed by atoms with Gasteiger partial charge in [0.2, 0.25) is 0 Å². The predicted molar refractivity (Wildman–Crippen MR) is 117 cm³/mol. The first-order valence-corrected chi connectivity index (χ1v) is 9.72. The highest BCUT2D eigenvalue weighted by atomic mass is 16.5. The van der Waals surface area contributed by atoms with Crippen molar-refractivity contribution < 1.29 is 9.53 Å². The van der Waals surface area contributed by atoms with Crippen LogP contribution in [0.2, 0.25) is 0 Å². The van der Waals surface area contributed by atoms with Gasteiger partial charge in [0.1, 0.15) is 23.7 Å². The fraction of sp³-hybridized carbons (Fsp3) is 0.261. The molecule has 0 fully saturated rings. The molecule has 3 N–H and O–H groups in total. The van der Waals surface area contributed by atoms with E-state index in [-0.39, 0.29) is 0 Å². The second kappa shape index (κ2) is 9.68. The third-order valence-corrected chi connectivity index (χ3v) is 4.66. The van der Waals surface area contributed by atoms with Crippen LogP contribution in [0.3, 0.4) is 0 Å². The third-order valence-electron chi connectivity index (χ3n) is 4.66. The van der Waals surface area contributed by atoms with Gasteiger partial charge < -0.3 is 15.8 Å². The number of rotatable bonds is 8. The number of aromatic nitrogens is 1. The molecule has 0 unspecified atom stereocenters. The molecular formula is C23H26N4O2. The summed E-state index contributed by atoms with van der Waals surface area (Å²) in [4.78, 5) is 19.8. The van der Waals surface area contributed by atoms with E-state index in [1.54, 1.807) is 12.3 Å². The summed E-state index contributed by atoms with van der Waals surface area (Å²) in [6.45, 7) is 5.25. The van der Waals surface area contributed by atoms with Crippen LogP contribution >= 0.6 is 0 Å². The van der Waals surface area contributed by atoms with Crippen molar-refractivity contribution in [1.29, 1.82) is 0 Å². The number of hydrogen-bond acceptors (Lipinski definition) is 6.